The van der Waals surface area contributed by atoms with Crippen LogP contribution in [0.15, 0.2) is 53.6 Å². The number of ether oxygens (including phenoxy) is 1. The first-order chi connectivity index (χ1) is 15.0. The van der Waals surface area contributed by atoms with Crippen LogP contribution in [0.1, 0.15) is 43.9 Å². The Morgan fingerprint density at radius 3 is 2.71 bits per heavy atom. The predicted molar refractivity (Wildman–Crippen MR) is 110 cm³/mol. The third-order valence-electron chi connectivity index (χ3n) is 5.53. The van der Waals surface area contributed by atoms with Gasteiger partial charge in [0, 0.05) is 12.2 Å². The highest BCUT2D eigenvalue weighted by Crippen LogP contribution is 2.26. The lowest BCUT2D eigenvalue weighted by Gasteiger charge is -2.17. The molecule has 3 aromatic rings. The van der Waals surface area contributed by atoms with Gasteiger partial charge in [-0.15, -0.1) is 0 Å². The highest BCUT2D eigenvalue weighted by atomic mass is 16.5. The van der Waals surface area contributed by atoms with E-state index in [0.29, 0.717) is 17.5 Å². The second-order valence-electron chi connectivity index (χ2n) is 7.49. The molecular formula is C22H18N4O5. The molecule has 2 aliphatic rings. The number of para-hydroxylation sites is 1. The van der Waals surface area contributed by atoms with Gasteiger partial charge in [0.05, 0.1) is 34.7 Å². The van der Waals surface area contributed by atoms with E-state index in [1.165, 1.54) is 29.4 Å². The van der Waals surface area contributed by atoms with Crippen LogP contribution >= 0.6 is 0 Å². The van der Waals surface area contributed by atoms with Crippen molar-refractivity contribution in [2.45, 2.75) is 18.9 Å². The zero-order chi connectivity index (χ0) is 21.5. The topological polar surface area (TPSA) is 111 Å². The quantitative estimate of drug-likeness (QED) is 0.644. The number of nitrogens with one attached hydrogen (secondary N) is 1. The van der Waals surface area contributed by atoms with Crippen LogP contribution in [0.2, 0.25) is 0 Å². The van der Waals surface area contributed by atoms with E-state index >= 15 is 0 Å². The molecule has 0 saturated carbocycles. The molecule has 156 valence electrons. The Hall–Kier alpha value is -3.85. The Balaban J connectivity index is 1.39. The summed E-state index contributed by atoms with van der Waals surface area (Å²) in [6.07, 6.45) is 2.78. The molecule has 1 saturated heterocycles. The van der Waals surface area contributed by atoms with Gasteiger partial charge >= 0.3 is 0 Å². The number of amides is 3. The van der Waals surface area contributed by atoms with Gasteiger partial charge in [-0.2, -0.15) is 0 Å². The van der Waals surface area contributed by atoms with E-state index in [1.807, 2.05) is 0 Å². The number of hydrogen-bond acceptors (Lipinski definition) is 6. The van der Waals surface area contributed by atoms with Gasteiger partial charge in [-0.05, 0) is 43.2 Å². The lowest BCUT2D eigenvalue weighted by Crippen LogP contribution is -2.36. The van der Waals surface area contributed by atoms with E-state index in [0.717, 1.165) is 17.5 Å². The molecule has 3 amide bonds. The van der Waals surface area contributed by atoms with Crippen molar-refractivity contribution in [3.63, 3.8) is 0 Å². The average Bonchev–Trinajstić information content (AvgIpc) is 3.38. The van der Waals surface area contributed by atoms with Crippen molar-refractivity contribution >= 4 is 28.6 Å². The van der Waals surface area contributed by atoms with Gasteiger partial charge in [-0.25, -0.2) is 9.66 Å². The number of benzene rings is 2. The normalized spacial score (nSPS) is 17.9. The Morgan fingerprint density at radius 2 is 1.90 bits per heavy atom. The van der Waals surface area contributed by atoms with Gasteiger partial charge < -0.3 is 4.74 Å². The van der Waals surface area contributed by atoms with Crippen LogP contribution in [-0.2, 0) is 4.74 Å². The summed E-state index contributed by atoms with van der Waals surface area (Å²) in [6.45, 7) is 0.827. The minimum atomic E-state index is -0.597. The van der Waals surface area contributed by atoms with Crippen molar-refractivity contribution in [1.82, 2.24) is 14.6 Å². The van der Waals surface area contributed by atoms with E-state index in [4.69, 9.17) is 4.74 Å². The molecule has 5 rings (SSSR count). The summed E-state index contributed by atoms with van der Waals surface area (Å²) in [5.74, 6) is -1.44. The van der Waals surface area contributed by atoms with E-state index in [2.05, 4.69) is 10.4 Å². The van der Waals surface area contributed by atoms with Crippen LogP contribution < -0.4 is 11.0 Å². The molecule has 0 bridgehead atoms. The van der Waals surface area contributed by atoms with Crippen LogP contribution in [0.25, 0.3) is 10.9 Å². The molecular weight excluding hydrogens is 400 g/mol. The first kappa shape index (κ1) is 19.1. The van der Waals surface area contributed by atoms with E-state index < -0.39 is 23.3 Å². The monoisotopic (exact) mass is 418 g/mol. The first-order valence-electron chi connectivity index (χ1n) is 9.92. The summed E-state index contributed by atoms with van der Waals surface area (Å²) < 4.78 is 6.53. The molecule has 9 heteroatoms. The largest absolute Gasteiger partial charge is 0.376 e. The zero-order valence-corrected chi connectivity index (χ0v) is 16.4. The van der Waals surface area contributed by atoms with E-state index in [1.54, 1.807) is 24.3 Å². The second-order valence-corrected chi connectivity index (χ2v) is 7.49. The van der Waals surface area contributed by atoms with Gasteiger partial charge in [0.2, 0.25) is 0 Å². The van der Waals surface area contributed by atoms with Crippen molar-refractivity contribution < 1.29 is 19.1 Å². The molecule has 1 fully saturated rings. The highest BCUT2D eigenvalue weighted by Gasteiger charge is 2.38. The number of rotatable bonds is 4. The van der Waals surface area contributed by atoms with Crippen molar-refractivity contribution in [3.05, 3.63) is 75.8 Å². The lowest BCUT2D eigenvalue weighted by molar-refractivity contribution is 0.0475. The summed E-state index contributed by atoms with van der Waals surface area (Å²) in [4.78, 5) is 56.0. The Kier molecular flexibility index (Phi) is 4.59. The Labute approximate surface area is 176 Å². The number of carbonyl (C=O) groups excluding carboxylic acids is 3. The Morgan fingerprint density at radius 1 is 1.10 bits per heavy atom. The SMILES string of the molecule is O=C(Nn1cnc2ccccc2c1=O)c1ccc2c(c1)C(=O)N(CC1CCCO1)C2=O. The maximum Gasteiger partial charge on any atom is 0.280 e. The van der Waals surface area contributed by atoms with E-state index in [-0.39, 0.29) is 29.3 Å². The first-order valence-corrected chi connectivity index (χ1v) is 9.92. The van der Waals surface area contributed by atoms with Crippen LogP contribution in [0.4, 0.5) is 0 Å². The average molecular weight is 418 g/mol. The smallest absolute Gasteiger partial charge is 0.280 e. The fraction of sp³-hybridized carbons (Fsp3) is 0.227. The molecule has 1 atom stereocenters. The predicted octanol–water partition coefficient (Wildman–Crippen LogP) is 1.56. The summed E-state index contributed by atoms with van der Waals surface area (Å²) in [7, 11) is 0. The fourth-order valence-electron chi connectivity index (χ4n) is 3.91. The molecule has 0 spiro atoms. The van der Waals surface area contributed by atoms with Gasteiger partial charge in [-0.1, -0.05) is 12.1 Å². The minimum Gasteiger partial charge on any atom is -0.376 e. The van der Waals surface area contributed by atoms with Crippen molar-refractivity contribution in [2.24, 2.45) is 0 Å². The van der Waals surface area contributed by atoms with Crippen LogP contribution in [-0.4, -0.2) is 51.5 Å². The number of carbonyl (C=O) groups is 3. The summed E-state index contributed by atoms with van der Waals surface area (Å²) >= 11 is 0. The van der Waals surface area contributed by atoms with Gasteiger partial charge in [0.25, 0.3) is 23.3 Å². The second kappa shape index (κ2) is 7.44. The van der Waals surface area contributed by atoms with Crippen LogP contribution in [0.3, 0.4) is 0 Å². The number of imide groups is 1. The number of aromatic nitrogens is 2. The molecule has 0 radical (unpaired) electrons. The number of nitrogens with zero attached hydrogens (tertiary/aromatic N) is 3. The molecule has 2 aliphatic heterocycles. The summed E-state index contributed by atoms with van der Waals surface area (Å²) in [6, 6.07) is 11.1. The molecule has 1 aromatic heterocycles. The van der Waals surface area contributed by atoms with Crippen LogP contribution in [0.5, 0.6) is 0 Å². The van der Waals surface area contributed by atoms with Gasteiger partial charge in [-0.3, -0.25) is 29.5 Å². The maximum atomic E-state index is 12.8. The van der Waals surface area contributed by atoms with Crippen LogP contribution in [0, 0.1) is 0 Å². The molecule has 3 heterocycles. The third kappa shape index (κ3) is 3.28. The third-order valence-corrected chi connectivity index (χ3v) is 5.53. The summed E-state index contributed by atoms with van der Waals surface area (Å²) in [5, 5.41) is 0.366. The summed E-state index contributed by atoms with van der Waals surface area (Å²) in [5.41, 5.74) is 3.15. The standard InChI is InChI=1S/C22H18N4O5/c27-19(24-26-12-23-18-6-2-1-5-16(18)22(26)30)13-7-8-15-17(10-13)21(29)25(20(15)28)11-14-4-3-9-31-14/h1-2,5-8,10,12,14H,3-4,9,11H2,(H,24,27). The molecule has 1 unspecified atom stereocenters. The van der Waals surface area contributed by atoms with Crippen molar-refractivity contribution in [1.29, 1.82) is 0 Å². The molecule has 9 nitrogen and oxygen atoms in total. The number of fused-ring (bicyclic) bond motifs is 2. The molecule has 0 aliphatic carbocycles. The fourth-order valence-corrected chi connectivity index (χ4v) is 3.91. The molecule has 1 N–H and O–H groups in total. The maximum absolute atomic E-state index is 12.8. The van der Waals surface area contributed by atoms with Crippen molar-refractivity contribution in [2.75, 3.05) is 18.6 Å². The van der Waals surface area contributed by atoms with Crippen molar-refractivity contribution in [3.8, 4) is 0 Å². The minimum absolute atomic E-state index is 0.152. The molecule has 2 aromatic carbocycles. The van der Waals surface area contributed by atoms with Gasteiger partial charge in [0.1, 0.15) is 6.33 Å². The van der Waals surface area contributed by atoms with E-state index in [9.17, 15) is 19.2 Å². The highest BCUT2D eigenvalue weighted by molar-refractivity contribution is 6.22. The van der Waals surface area contributed by atoms with Gasteiger partial charge in [0.15, 0.2) is 0 Å². The lowest BCUT2D eigenvalue weighted by atomic mass is 10.1. The molecule has 31 heavy (non-hydrogen) atoms. The number of hydrogen-bond donors (Lipinski definition) is 1. The zero-order valence-electron chi connectivity index (χ0n) is 16.4. The Bertz CT molecular complexity index is 1290.